The van der Waals surface area contributed by atoms with Crippen LogP contribution >= 0.6 is 0 Å². The van der Waals surface area contributed by atoms with Gasteiger partial charge in [-0.2, -0.15) is 0 Å². The molecule has 1 rings (SSSR count). The fraction of sp³-hybridized carbons (Fsp3) is 0.533. The summed E-state index contributed by atoms with van der Waals surface area (Å²) in [4.78, 5) is 11.9. The van der Waals surface area contributed by atoms with Crippen molar-refractivity contribution in [1.82, 2.24) is 0 Å². The zero-order valence-corrected chi connectivity index (χ0v) is 14.0. The fourth-order valence-electron chi connectivity index (χ4n) is 2.02. The number of rotatable bonds is 9. The van der Waals surface area contributed by atoms with Crippen LogP contribution in [0.5, 0.6) is 0 Å². The van der Waals surface area contributed by atoms with Gasteiger partial charge in [0.2, 0.25) is 15.9 Å². The Hall–Kier alpha value is -1.60. The molecule has 22 heavy (non-hydrogen) atoms. The van der Waals surface area contributed by atoms with Crippen LogP contribution in [0, 0.1) is 6.92 Å². The molecule has 0 aliphatic carbocycles. The van der Waals surface area contributed by atoms with Gasteiger partial charge in [-0.3, -0.25) is 9.52 Å². The van der Waals surface area contributed by atoms with Crippen LogP contribution in [0.1, 0.15) is 37.7 Å². The number of unbranched alkanes of at least 4 members (excludes halogenated alkanes) is 3. The van der Waals surface area contributed by atoms with Crippen LogP contribution in [0.4, 0.5) is 11.4 Å². The lowest BCUT2D eigenvalue weighted by Gasteiger charge is -2.11. The summed E-state index contributed by atoms with van der Waals surface area (Å²) in [7, 11) is -3.34. The minimum absolute atomic E-state index is 0.0677. The molecule has 0 saturated heterocycles. The van der Waals surface area contributed by atoms with E-state index in [1.165, 1.54) is 0 Å². The molecule has 0 bridgehead atoms. The van der Waals surface area contributed by atoms with Crippen LogP contribution in [-0.4, -0.2) is 27.1 Å². The van der Waals surface area contributed by atoms with Gasteiger partial charge in [0.25, 0.3) is 0 Å². The molecule has 6 nitrogen and oxygen atoms in total. The molecule has 4 N–H and O–H groups in total. The third kappa shape index (κ3) is 7.42. The number of amides is 1. The number of hydrogen-bond acceptors (Lipinski definition) is 4. The average Bonchev–Trinajstić information content (AvgIpc) is 2.41. The van der Waals surface area contributed by atoms with Gasteiger partial charge in [0.15, 0.2) is 0 Å². The fourth-order valence-corrected chi connectivity index (χ4v) is 2.64. The van der Waals surface area contributed by atoms with E-state index in [9.17, 15) is 13.2 Å². The van der Waals surface area contributed by atoms with Crippen LogP contribution in [0.2, 0.25) is 0 Å². The predicted octanol–water partition coefficient (Wildman–Crippen LogP) is 2.21. The number of nitrogens with one attached hydrogen (secondary N) is 2. The van der Waals surface area contributed by atoms with Crippen molar-refractivity contribution >= 4 is 27.3 Å². The first kappa shape index (κ1) is 18.4. The highest BCUT2D eigenvalue weighted by atomic mass is 32.2. The van der Waals surface area contributed by atoms with E-state index in [1.54, 1.807) is 25.1 Å². The zero-order chi connectivity index (χ0) is 16.6. The first-order valence-corrected chi connectivity index (χ1v) is 9.29. The molecule has 0 unspecified atom stereocenters. The van der Waals surface area contributed by atoms with Gasteiger partial charge >= 0.3 is 0 Å². The lowest BCUT2D eigenvalue weighted by molar-refractivity contribution is -0.116. The summed E-state index contributed by atoms with van der Waals surface area (Å²) < 4.78 is 25.1. The molecule has 1 amide bonds. The molecule has 0 heterocycles. The SMILES string of the molecule is Cc1ccc(NC(=O)CCCCCCN)cc1NS(C)(=O)=O. The Balaban J connectivity index is 2.55. The van der Waals surface area contributed by atoms with Crippen LogP contribution in [-0.2, 0) is 14.8 Å². The van der Waals surface area contributed by atoms with Gasteiger partial charge in [-0.25, -0.2) is 8.42 Å². The predicted molar refractivity (Wildman–Crippen MR) is 90.4 cm³/mol. The lowest BCUT2D eigenvalue weighted by Crippen LogP contribution is -2.13. The minimum Gasteiger partial charge on any atom is -0.330 e. The van der Waals surface area contributed by atoms with Gasteiger partial charge < -0.3 is 11.1 Å². The van der Waals surface area contributed by atoms with Crippen molar-refractivity contribution in [3.8, 4) is 0 Å². The van der Waals surface area contributed by atoms with Crippen molar-refractivity contribution in [2.45, 2.75) is 39.0 Å². The van der Waals surface area contributed by atoms with Crippen LogP contribution in [0.3, 0.4) is 0 Å². The summed E-state index contributed by atoms with van der Waals surface area (Å²) in [5.41, 5.74) is 7.27. The second kappa shape index (κ2) is 8.75. The van der Waals surface area contributed by atoms with E-state index < -0.39 is 10.0 Å². The molecule has 0 atom stereocenters. The molecule has 0 spiro atoms. The Labute approximate surface area is 132 Å². The van der Waals surface area contributed by atoms with E-state index in [2.05, 4.69) is 10.0 Å². The number of nitrogens with two attached hydrogens (primary N) is 1. The van der Waals surface area contributed by atoms with E-state index >= 15 is 0 Å². The monoisotopic (exact) mass is 327 g/mol. The Morgan fingerprint density at radius 1 is 1.18 bits per heavy atom. The molecule has 0 aliphatic heterocycles. The van der Waals surface area contributed by atoms with Gasteiger partial charge in [0.05, 0.1) is 11.9 Å². The molecule has 0 aliphatic rings. The number of sulfonamides is 1. The second-order valence-electron chi connectivity index (χ2n) is 5.40. The van der Waals surface area contributed by atoms with Gasteiger partial charge in [-0.15, -0.1) is 0 Å². The first-order valence-electron chi connectivity index (χ1n) is 7.40. The molecule has 124 valence electrons. The third-order valence-corrected chi connectivity index (χ3v) is 3.77. The maximum Gasteiger partial charge on any atom is 0.229 e. The van der Waals surface area contributed by atoms with E-state index in [-0.39, 0.29) is 5.91 Å². The molecule has 7 heteroatoms. The number of anilines is 2. The molecule has 0 aromatic heterocycles. The summed E-state index contributed by atoms with van der Waals surface area (Å²) in [6.07, 6.45) is 5.38. The Morgan fingerprint density at radius 2 is 1.86 bits per heavy atom. The largest absolute Gasteiger partial charge is 0.330 e. The topological polar surface area (TPSA) is 101 Å². The smallest absolute Gasteiger partial charge is 0.229 e. The number of aryl methyl sites for hydroxylation is 1. The highest BCUT2D eigenvalue weighted by molar-refractivity contribution is 7.92. The molecule has 1 aromatic rings. The number of carbonyl (C=O) groups is 1. The van der Waals surface area contributed by atoms with Crippen LogP contribution in [0.25, 0.3) is 0 Å². The molecule has 0 radical (unpaired) electrons. The van der Waals surface area contributed by atoms with Crippen molar-refractivity contribution in [3.05, 3.63) is 23.8 Å². The Morgan fingerprint density at radius 3 is 2.50 bits per heavy atom. The first-order chi connectivity index (χ1) is 10.3. The Kier molecular flexibility index (Phi) is 7.34. The van der Waals surface area contributed by atoms with E-state index in [4.69, 9.17) is 5.73 Å². The summed E-state index contributed by atoms with van der Waals surface area (Å²) in [6, 6.07) is 5.15. The van der Waals surface area contributed by atoms with Crippen LogP contribution in [0.15, 0.2) is 18.2 Å². The van der Waals surface area contributed by atoms with Gasteiger partial charge in [-0.05, 0) is 44.0 Å². The average molecular weight is 327 g/mol. The van der Waals surface area contributed by atoms with Gasteiger partial charge in [-0.1, -0.05) is 18.9 Å². The quantitative estimate of drug-likeness (QED) is 0.605. The van der Waals surface area contributed by atoms with E-state index in [1.807, 2.05) is 0 Å². The maximum atomic E-state index is 11.9. The van der Waals surface area contributed by atoms with E-state index in [0.717, 1.165) is 37.5 Å². The van der Waals surface area contributed by atoms with Crippen molar-refractivity contribution in [2.24, 2.45) is 5.73 Å². The number of carbonyl (C=O) groups excluding carboxylic acids is 1. The zero-order valence-electron chi connectivity index (χ0n) is 13.2. The van der Waals surface area contributed by atoms with Crippen molar-refractivity contribution in [2.75, 3.05) is 22.8 Å². The second-order valence-corrected chi connectivity index (χ2v) is 7.15. The van der Waals surface area contributed by atoms with Crippen molar-refractivity contribution < 1.29 is 13.2 Å². The normalized spacial score (nSPS) is 11.2. The minimum atomic E-state index is -3.34. The summed E-state index contributed by atoms with van der Waals surface area (Å²) in [6.45, 7) is 2.49. The standard InChI is InChI=1S/C15H25N3O3S/c1-12-8-9-13(11-14(12)18-22(2,20)21)17-15(19)7-5-3-4-6-10-16/h8-9,11,18H,3-7,10,16H2,1-2H3,(H,17,19). The number of benzene rings is 1. The Bertz CT molecular complexity index is 600. The van der Waals surface area contributed by atoms with Gasteiger partial charge in [0, 0.05) is 12.1 Å². The molecule has 1 aromatic carbocycles. The third-order valence-electron chi connectivity index (χ3n) is 3.17. The molecular weight excluding hydrogens is 302 g/mol. The molecule has 0 saturated carbocycles. The van der Waals surface area contributed by atoms with Crippen molar-refractivity contribution in [3.63, 3.8) is 0 Å². The summed E-state index contributed by atoms with van der Waals surface area (Å²) >= 11 is 0. The summed E-state index contributed by atoms with van der Waals surface area (Å²) in [5.74, 6) is -0.0677. The highest BCUT2D eigenvalue weighted by Crippen LogP contribution is 2.21. The summed E-state index contributed by atoms with van der Waals surface area (Å²) in [5, 5.41) is 2.79. The van der Waals surface area contributed by atoms with Crippen LogP contribution < -0.4 is 15.8 Å². The maximum absolute atomic E-state index is 11.9. The molecule has 0 fully saturated rings. The van der Waals surface area contributed by atoms with Crippen molar-refractivity contribution in [1.29, 1.82) is 0 Å². The van der Waals surface area contributed by atoms with E-state index in [0.29, 0.717) is 24.3 Å². The number of hydrogen-bond donors (Lipinski definition) is 3. The van der Waals surface area contributed by atoms with Gasteiger partial charge in [0.1, 0.15) is 0 Å². The highest BCUT2D eigenvalue weighted by Gasteiger charge is 2.08. The molecular formula is C15H25N3O3S. The lowest BCUT2D eigenvalue weighted by atomic mass is 10.1.